The number of aromatic nitrogens is 3. The van der Waals surface area contributed by atoms with Crippen molar-refractivity contribution in [2.45, 2.75) is 25.0 Å². The van der Waals surface area contributed by atoms with Crippen molar-refractivity contribution in [2.24, 2.45) is 0 Å². The van der Waals surface area contributed by atoms with E-state index in [1.54, 1.807) is 4.68 Å². The van der Waals surface area contributed by atoms with Gasteiger partial charge in [0.1, 0.15) is 12.4 Å². The molecule has 0 N–H and O–H groups in total. The summed E-state index contributed by atoms with van der Waals surface area (Å²) in [5.41, 5.74) is 0.835. The van der Waals surface area contributed by atoms with E-state index in [1.165, 1.54) is 10.6 Å². The number of nitrogens with zero attached hydrogens (tertiary/aromatic N) is 4. The van der Waals surface area contributed by atoms with Crippen LogP contribution in [-0.4, -0.2) is 65.7 Å². The van der Waals surface area contributed by atoms with Crippen LogP contribution in [0.25, 0.3) is 5.69 Å². The highest BCUT2D eigenvalue weighted by atomic mass is 32.2. The fourth-order valence-corrected chi connectivity index (χ4v) is 5.30. The van der Waals surface area contributed by atoms with Gasteiger partial charge in [-0.05, 0) is 25.0 Å². The van der Waals surface area contributed by atoms with Gasteiger partial charge in [-0.15, -0.1) is 0 Å². The minimum Gasteiger partial charge on any atom is -0.378 e. The fourth-order valence-electron chi connectivity index (χ4n) is 3.48. The predicted molar refractivity (Wildman–Crippen MR) is 94.4 cm³/mol. The summed E-state index contributed by atoms with van der Waals surface area (Å²) in [5.74, 6) is 0.565. The SMILES string of the molecule is O=S(=O)(CC1CCCO1)N1CCOCC1c1ncnn1-c1ccccc1. The van der Waals surface area contributed by atoms with Gasteiger partial charge in [0.2, 0.25) is 10.0 Å². The van der Waals surface area contributed by atoms with Crippen molar-refractivity contribution in [2.75, 3.05) is 32.1 Å². The molecule has 2 saturated heterocycles. The fraction of sp³-hybridized carbons (Fsp3) is 0.529. The highest BCUT2D eigenvalue weighted by molar-refractivity contribution is 7.89. The first-order valence-corrected chi connectivity index (χ1v) is 10.4. The van der Waals surface area contributed by atoms with Crippen molar-refractivity contribution in [3.05, 3.63) is 42.5 Å². The van der Waals surface area contributed by atoms with Crippen LogP contribution in [0.5, 0.6) is 0 Å². The van der Waals surface area contributed by atoms with Crippen molar-refractivity contribution >= 4 is 10.0 Å². The molecule has 1 aromatic heterocycles. The molecule has 140 valence electrons. The third-order valence-corrected chi connectivity index (χ3v) is 6.67. The molecule has 9 heteroatoms. The molecule has 8 nitrogen and oxygen atoms in total. The molecule has 0 radical (unpaired) electrons. The van der Waals surface area contributed by atoms with Gasteiger partial charge in [-0.25, -0.2) is 18.1 Å². The number of morpholine rings is 1. The van der Waals surface area contributed by atoms with Crippen molar-refractivity contribution in [3.8, 4) is 5.69 Å². The van der Waals surface area contributed by atoms with Crippen LogP contribution in [0.15, 0.2) is 36.7 Å². The third-order valence-electron chi connectivity index (χ3n) is 4.73. The van der Waals surface area contributed by atoms with Crippen LogP contribution >= 0.6 is 0 Å². The molecule has 2 aliphatic rings. The largest absolute Gasteiger partial charge is 0.378 e. The molecule has 1 aromatic carbocycles. The second-order valence-electron chi connectivity index (χ2n) is 6.48. The zero-order valence-electron chi connectivity index (χ0n) is 14.4. The van der Waals surface area contributed by atoms with Gasteiger partial charge in [0.05, 0.1) is 30.8 Å². The zero-order chi connectivity index (χ0) is 18.0. The minimum atomic E-state index is -3.49. The van der Waals surface area contributed by atoms with Crippen LogP contribution < -0.4 is 0 Å². The van der Waals surface area contributed by atoms with Crippen molar-refractivity contribution < 1.29 is 17.9 Å². The molecule has 2 fully saturated rings. The Kier molecular flexibility index (Phi) is 5.03. The molecule has 3 heterocycles. The van der Waals surface area contributed by atoms with Gasteiger partial charge in [-0.1, -0.05) is 18.2 Å². The highest BCUT2D eigenvalue weighted by Gasteiger charge is 2.38. The van der Waals surface area contributed by atoms with Gasteiger partial charge in [0.25, 0.3) is 0 Å². The second-order valence-corrected chi connectivity index (χ2v) is 8.45. The molecule has 2 unspecified atom stereocenters. The van der Waals surface area contributed by atoms with E-state index in [0.717, 1.165) is 18.5 Å². The Morgan fingerprint density at radius 1 is 1.19 bits per heavy atom. The Morgan fingerprint density at radius 2 is 2.04 bits per heavy atom. The summed E-state index contributed by atoms with van der Waals surface area (Å²) in [7, 11) is -3.49. The quantitative estimate of drug-likeness (QED) is 0.776. The Hall–Kier alpha value is -1.81. The van der Waals surface area contributed by atoms with Gasteiger partial charge in [0.15, 0.2) is 5.82 Å². The number of para-hydroxylation sites is 1. The predicted octanol–water partition coefficient (Wildman–Crippen LogP) is 1.15. The van der Waals surface area contributed by atoms with E-state index in [0.29, 0.717) is 25.6 Å². The molecular formula is C17H22N4O4S. The lowest BCUT2D eigenvalue weighted by molar-refractivity contribution is 0.0274. The normalized spacial score (nSPS) is 24.8. The summed E-state index contributed by atoms with van der Waals surface area (Å²) in [5, 5.41) is 4.29. The van der Waals surface area contributed by atoms with Gasteiger partial charge < -0.3 is 9.47 Å². The summed E-state index contributed by atoms with van der Waals surface area (Å²) < 4.78 is 40.3. The molecule has 2 aromatic rings. The summed E-state index contributed by atoms with van der Waals surface area (Å²) >= 11 is 0. The second kappa shape index (κ2) is 7.43. The topological polar surface area (TPSA) is 86.6 Å². The molecule has 0 saturated carbocycles. The average molecular weight is 378 g/mol. The number of ether oxygens (including phenoxy) is 2. The summed E-state index contributed by atoms with van der Waals surface area (Å²) in [6.07, 6.45) is 2.92. The number of hydrogen-bond donors (Lipinski definition) is 0. The van der Waals surface area contributed by atoms with Crippen LogP contribution in [0.3, 0.4) is 0 Å². The monoisotopic (exact) mass is 378 g/mol. The highest BCUT2D eigenvalue weighted by Crippen LogP contribution is 2.28. The lowest BCUT2D eigenvalue weighted by Crippen LogP contribution is -2.46. The lowest BCUT2D eigenvalue weighted by atomic mass is 10.2. The lowest BCUT2D eigenvalue weighted by Gasteiger charge is -2.34. The van der Waals surface area contributed by atoms with Crippen LogP contribution in [0, 0.1) is 0 Å². The summed E-state index contributed by atoms with van der Waals surface area (Å²) in [6.45, 7) is 1.58. The van der Waals surface area contributed by atoms with E-state index in [-0.39, 0.29) is 18.5 Å². The maximum absolute atomic E-state index is 13.0. The van der Waals surface area contributed by atoms with Gasteiger partial charge in [-0.2, -0.15) is 9.40 Å². The first-order chi connectivity index (χ1) is 12.6. The molecule has 0 spiro atoms. The number of sulfonamides is 1. The van der Waals surface area contributed by atoms with E-state index in [9.17, 15) is 8.42 Å². The number of benzene rings is 1. The smallest absolute Gasteiger partial charge is 0.217 e. The van der Waals surface area contributed by atoms with Crippen LogP contribution in [0.2, 0.25) is 0 Å². The van der Waals surface area contributed by atoms with E-state index in [1.807, 2.05) is 30.3 Å². The number of rotatable bonds is 5. The first kappa shape index (κ1) is 17.6. The zero-order valence-corrected chi connectivity index (χ0v) is 15.2. The Bertz CT molecular complexity index is 833. The van der Waals surface area contributed by atoms with Gasteiger partial charge in [-0.3, -0.25) is 0 Å². The first-order valence-electron chi connectivity index (χ1n) is 8.79. The molecule has 26 heavy (non-hydrogen) atoms. The molecule has 0 amide bonds. The molecular weight excluding hydrogens is 356 g/mol. The van der Waals surface area contributed by atoms with E-state index < -0.39 is 16.1 Å². The molecule has 2 aliphatic heterocycles. The van der Waals surface area contributed by atoms with Crippen molar-refractivity contribution in [1.29, 1.82) is 0 Å². The molecule has 4 rings (SSSR count). The minimum absolute atomic E-state index is 0.00295. The standard InChI is InChI=1S/C17H22N4O4S/c22-26(23,12-15-7-4-9-25-15)20-8-10-24-11-16(20)17-18-13-19-21(17)14-5-2-1-3-6-14/h1-3,5-6,13,15-16H,4,7-12H2. The summed E-state index contributed by atoms with van der Waals surface area (Å²) in [6, 6.07) is 9.05. The third kappa shape index (κ3) is 3.52. The van der Waals surface area contributed by atoms with Crippen LogP contribution in [0.1, 0.15) is 24.7 Å². The Balaban J connectivity index is 1.63. The maximum Gasteiger partial charge on any atom is 0.217 e. The van der Waals surface area contributed by atoms with Crippen LogP contribution in [-0.2, 0) is 19.5 Å². The molecule has 0 bridgehead atoms. The molecule has 2 atom stereocenters. The summed E-state index contributed by atoms with van der Waals surface area (Å²) in [4.78, 5) is 4.35. The Morgan fingerprint density at radius 3 is 2.81 bits per heavy atom. The molecule has 0 aliphatic carbocycles. The van der Waals surface area contributed by atoms with E-state index >= 15 is 0 Å². The van der Waals surface area contributed by atoms with Gasteiger partial charge in [0, 0.05) is 13.2 Å². The maximum atomic E-state index is 13.0. The van der Waals surface area contributed by atoms with E-state index in [4.69, 9.17) is 9.47 Å². The Labute approximate surface area is 152 Å². The number of hydrogen-bond acceptors (Lipinski definition) is 6. The van der Waals surface area contributed by atoms with Gasteiger partial charge >= 0.3 is 0 Å². The van der Waals surface area contributed by atoms with Crippen molar-refractivity contribution in [1.82, 2.24) is 19.1 Å². The van der Waals surface area contributed by atoms with E-state index in [2.05, 4.69) is 10.1 Å². The van der Waals surface area contributed by atoms with Crippen LogP contribution in [0.4, 0.5) is 0 Å². The average Bonchev–Trinajstić information content (AvgIpc) is 3.34. The van der Waals surface area contributed by atoms with Crippen molar-refractivity contribution in [3.63, 3.8) is 0 Å².